The van der Waals surface area contributed by atoms with Crippen LogP contribution in [-0.4, -0.2) is 26.3 Å². The number of carbonyl (C=O) groups excluding carboxylic acids is 1. The van der Waals surface area contributed by atoms with Crippen LogP contribution in [0.25, 0.3) is 0 Å². The van der Waals surface area contributed by atoms with Gasteiger partial charge in [-0.2, -0.15) is 18.3 Å². The maximum atomic E-state index is 12.3. The van der Waals surface area contributed by atoms with E-state index in [0.717, 1.165) is 12.8 Å². The van der Waals surface area contributed by atoms with Gasteiger partial charge in [-0.1, -0.05) is 0 Å². The molecule has 1 aliphatic rings. The summed E-state index contributed by atoms with van der Waals surface area (Å²) in [6.07, 6.45) is -2.70. The molecule has 0 saturated heterocycles. The van der Waals surface area contributed by atoms with Gasteiger partial charge in [0.2, 0.25) is 5.89 Å². The fourth-order valence-corrected chi connectivity index (χ4v) is 1.52. The molecule has 20 heavy (non-hydrogen) atoms. The van der Waals surface area contributed by atoms with Crippen LogP contribution in [-0.2, 0) is 6.18 Å². The van der Waals surface area contributed by atoms with Crippen LogP contribution in [0, 0.1) is 0 Å². The van der Waals surface area contributed by atoms with Crippen molar-refractivity contribution in [1.29, 1.82) is 0 Å². The molecule has 106 valence electrons. The molecule has 0 aromatic carbocycles. The van der Waals surface area contributed by atoms with E-state index in [1.165, 1.54) is 0 Å². The van der Waals surface area contributed by atoms with E-state index in [1.807, 2.05) is 0 Å². The smallest absolute Gasteiger partial charge is 0.417 e. The molecular weight excluding hydrogens is 279 g/mol. The molecule has 2 aromatic rings. The van der Waals surface area contributed by atoms with Crippen molar-refractivity contribution in [3.05, 3.63) is 23.5 Å². The second-order valence-electron chi connectivity index (χ2n) is 4.34. The van der Waals surface area contributed by atoms with E-state index in [1.54, 1.807) is 5.10 Å². The van der Waals surface area contributed by atoms with Gasteiger partial charge in [-0.15, -0.1) is 10.2 Å². The van der Waals surface area contributed by atoms with Crippen molar-refractivity contribution in [1.82, 2.24) is 20.4 Å². The van der Waals surface area contributed by atoms with Crippen LogP contribution >= 0.6 is 0 Å². The number of halogens is 3. The zero-order valence-electron chi connectivity index (χ0n) is 9.86. The zero-order valence-corrected chi connectivity index (χ0v) is 9.86. The van der Waals surface area contributed by atoms with E-state index in [2.05, 4.69) is 20.6 Å². The summed E-state index contributed by atoms with van der Waals surface area (Å²) in [5.74, 6) is -0.819. The molecule has 1 saturated carbocycles. The standard InChI is InChI=1S/C10H8F3N5O2/c11-10(12,13)5-3-6(16-15-5)14-7(19)9-18-17-8(20-9)4-1-2-4/h3-4H,1-2H2,(H2,14,15,16,19). The van der Waals surface area contributed by atoms with Crippen LogP contribution in [0.15, 0.2) is 10.5 Å². The van der Waals surface area contributed by atoms with Gasteiger partial charge in [-0.3, -0.25) is 9.89 Å². The summed E-state index contributed by atoms with van der Waals surface area (Å²) in [6.45, 7) is 0. The van der Waals surface area contributed by atoms with Crippen molar-refractivity contribution >= 4 is 11.7 Å². The Balaban J connectivity index is 1.70. The number of anilines is 1. The van der Waals surface area contributed by atoms with Crippen LogP contribution in [0.2, 0.25) is 0 Å². The van der Waals surface area contributed by atoms with Crippen LogP contribution in [0.3, 0.4) is 0 Å². The van der Waals surface area contributed by atoms with Gasteiger partial charge >= 0.3 is 18.0 Å². The molecule has 2 heterocycles. The zero-order chi connectivity index (χ0) is 14.3. The van der Waals surface area contributed by atoms with Gasteiger partial charge in [0.1, 0.15) is 5.69 Å². The third-order valence-corrected chi connectivity index (χ3v) is 2.69. The number of H-pyrrole nitrogens is 1. The quantitative estimate of drug-likeness (QED) is 0.899. The largest absolute Gasteiger partial charge is 0.432 e. The average molecular weight is 287 g/mol. The van der Waals surface area contributed by atoms with Gasteiger partial charge in [-0.25, -0.2) is 0 Å². The second-order valence-corrected chi connectivity index (χ2v) is 4.34. The summed E-state index contributed by atoms with van der Waals surface area (Å²) < 4.78 is 42.1. The van der Waals surface area contributed by atoms with Gasteiger partial charge in [-0.05, 0) is 12.8 Å². The second kappa shape index (κ2) is 4.32. The number of nitrogens with one attached hydrogen (secondary N) is 2. The van der Waals surface area contributed by atoms with Gasteiger partial charge in [0.05, 0.1) is 0 Å². The van der Waals surface area contributed by atoms with Crippen molar-refractivity contribution in [2.45, 2.75) is 24.9 Å². The van der Waals surface area contributed by atoms with Gasteiger partial charge in [0.25, 0.3) is 0 Å². The minimum atomic E-state index is -4.56. The fourth-order valence-electron chi connectivity index (χ4n) is 1.52. The average Bonchev–Trinajstić information content (AvgIpc) is 2.91. The molecule has 2 N–H and O–H groups in total. The Hall–Kier alpha value is -2.39. The van der Waals surface area contributed by atoms with E-state index in [9.17, 15) is 18.0 Å². The lowest BCUT2D eigenvalue weighted by Gasteiger charge is -1.99. The highest BCUT2D eigenvalue weighted by Crippen LogP contribution is 2.39. The molecule has 0 radical (unpaired) electrons. The maximum absolute atomic E-state index is 12.3. The molecule has 0 spiro atoms. The molecule has 2 aromatic heterocycles. The first kappa shape index (κ1) is 12.6. The molecule has 0 atom stereocenters. The molecule has 10 heteroatoms. The highest BCUT2D eigenvalue weighted by atomic mass is 19.4. The number of hydrogen-bond acceptors (Lipinski definition) is 5. The fraction of sp³-hybridized carbons (Fsp3) is 0.400. The minimum Gasteiger partial charge on any atom is -0.417 e. The third-order valence-electron chi connectivity index (χ3n) is 2.69. The van der Waals surface area contributed by atoms with Crippen LogP contribution in [0.5, 0.6) is 0 Å². The highest BCUT2D eigenvalue weighted by Gasteiger charge is 2.34. The minimum absolute atomic E-state index is 0.186. The summed E-state index contributed by atoms with van der Waals surface area (Å²) in [5, 5.41) is 14.5. The first-order chi connectivity index (χ1) is 9.43. The van der Waals surface area contributed by atoms with Crippen molar-refractivity contribution in [3.63, 3.8) is 0 Å². The van der Waals surface area contributed by atoms with Gasteiger partial charge < -0.3 is 9.73 Å². The topological polar surface area (TPSA) is 96.7 Å². The Labute approximate surface area is 109 Å². The Morgan fingerprint density at radius 3 is 2.75 bits per heavy atom. The first-order valence-corrected chi connectivity index (χ1v) is 5.71. The molecule has 1 amide bonds. The van der Waals surface area contributed by atoms with Crippen molar-refractivity contribution in [2.24, 2.45) is 0 Å². The first-order valence-electron chi connectivity index (χ1n) is 5.71. The number of rotatable bonds is 3. The van der Waals surface area contributed by atoms with Gasteiger partial charge in [0, 0.05) is 12.0 Å². The van der Waals surface area contributed by atoms with Crippen LogP contribution < -0.4 is 5.32 Å². The van der Waals surface area contributed by atoms with E-state index in [4.69, 9.17) is 4.42 Å². The van der Waals surface area contributed by atoms with Crippen LogP contribution in [0.4, 0.5) is 19.0 Å². The number of aromatic nitrogens is 4. The Morgan fingerprint density at radius 1 is 1.40 bits per heavy atom. The number of alkyl halides is 3. The monoisotopic (exact) mass is 287 g/mol. The van der Waals surface area contributed by atoms with Crippen molar-refractivity contribution < 1.29 is 22.4 Å². The predicted octanol–water partition coefficient (Wildman–Crippen LogP) is 1.94. The lowest BCUT2D eigenvalue weighted by atomic mass is 10.4. The lowest BCUT2D eigenvalue weighted by Crippen LogP contribution is -2.12. The predicted molar refractivity (Wildman–Crippen MR) is 57.8 cm³/mol. The van der Waals surface area contributed by atoms with Crippen molar-refractivity contribution in [2.75, 3.05) is 5.32 Å². The molecule has 0 unspecified atom stereocenters. The van der Waals surface area contributed by atoms with E-state index >= 15 is 0 Å². The molecular formula is C10H8F3N5O2. The SMILES string of the molecule is O=C(Nc1cc(C(F)(F)F)[nH]n1)c1nnc(C2CC2)o1. The summed E-state index contributed by atoms with van der Waals surface area (Å²) >= 11 is 0. The molecule has 1 aliphatic carbocycles. The number of hydrogen-bond donors (Lipinski definition) is 2. The molecule has 0 bridgehead atoms. The number of amides is 1. The van der Waals surface area contributed by atoms with E-state index in [-0.39, 0.29) is 17.6 Å². The molecule has 1 fully saturated rings. The normalized spacial score (nSPS) is 15.3. The van der Waals surface area contributed by atoms with Gasteiger partial charge in [0.15, 0.2) is 5.82 Å². The Bertz CT molecular complexity index is 643. The van der Waals surface area contributed by atoms with E-state index in [0.29, 0.717) is 12.0 Å². The molecule has 7 nitrogen and oxygen atoms in total. The van der Waals surface area contributed by atoms with Crippen LogP contribution in [0.1, 0.15) is 41.0 Å². The maximum Gasteiger partial charge on any atom is 0.432 e. The Kier molecular flexibility index (Phi) is 2.73. The molecule has 3 rings (SSSR count). The third kappa shape index (κ3) is 2.49. The van der Waals surface area contributed by atoms with E-state index < -0.39 is 17.8 Å². The Morgan fingerprint density at radius 2 is 2.15 bits per heavy atom. The number of aromatic amines is 1. The summed E-state index contributed by atoms with van der Waals surface area (Å²) in [7, 11) is 0. The highest BCUT2D eigenvalue weighted by molar-refractivity contribution is 6.00. The molecule has 0 aliphatic heterocycles. The summed E-state index contributed by atoms with van der Waals surface area (Å²) in [5.41, 5.74) is -1.06. The van der Waals surface area contributed by atoms with Crippen molar-refractivity contribution in [3.8, 4) is 0 Å². The summed E-state index contributed by atoms with van der Waals surface area (Å²) in [4.78, 5) is 11.7. The summed E-state index contributed by atoms with van der Waals surface area (Å²) in [6, 6.07) is 0.677. The number of carbonyl (C=O) groups is 1. The lowest BCUT2D eigenvalue weighted by molar-refractivity contribution is -0.141. The number of nitrogens with zero attached hydrogens (tertiary/aromatic N) is 3.